The van der Waals surface area contributed by atoms with Gasteiger partial charge in [0.15, 0.2) is 0 Å². The fraction of sp³-hybridized carbons (Fsp3) is 0.429. The first kappa shape index (κ1) is 18.4. The van der Waals surface area contributed by atoms with Crippen molar-refractivity contribution in [2.24, 2.45) is 0 Å². The lowest BCUT2D eigenvalue weighted by atomic mass is 9.97. The third-order valence-electron chi connectivity index (χ3n) is 4.60. The number of allylic oxidation sites excluding steroid dienone is 2. The summed E-state index contributed by atoms with van der Waals surface area (Å²) in [6, 6.07) is 0.242. The number of nitrogens with one attached hydrogen (secondary N) is 1. The number of hydrogen-bond donors (Lipinski definition) is 1. The van der Waals surface area contributed by atoms with Crippen molar-refractivity contribution >= 4 is 5.95 Å². The molecular formula is C21H29N5. The van der Waals surface area contributed by atoms with E-state index in [9.17, 15) is 0 Å². The molecule has 0 fully saturated rings. The summed E-state index contributed by atoms with van der Waals surface area (Å²) in [4.78, 5) is 11.5. The first-order valence-electron chi connectivity index (χ1n) is 9.10. The molecule has 5 heteroatoms. The van der Waals surface area contributed by atoms with Crippen LogP contribution in [0.2, 0.25) is 0 Å². The van der Waals surface area contributed by atoms with Crippen molar-refractivity contribution in [3.63, 3.8) is 0 Å². The van der Waals surface area contributed by atoms with Gasteiger partial charge in [-0.25, -0.2) is 4.98 Å². The van der Waals surface area contributed by atoms with Crippen LogP contribution in [-0.4, -0.2) is 39.6 Å². The highest BCUT2D eigenvalue weighted by Crippen LogP contribution is 2.22. The third-order valence-corrected chi connectivity index (χ3v) is 4.60. The topological polar surface area (TPSA) is 46.0 Å². The van der Waals surface area contributed by atoms with Crippen LogP contribution in [-0.2, 0) is 6.54 Å². The zero-order chi connectivity index (χ0) is 18.8. The van der Waals surface area contributed by atoms with Crippen molar-refractivity contribution in [2.45, 2.75) is 46.7 Å². The van der Waals surface area contributed by atoms with Crippen molar-refractivity contribution in [2.75, 3.05) is 19.4 Å². The van der Waals surface area contributed by atoms with Crippen LogP contribution < -0.4 is 5.32 Å². The fourth-order valence-corrected chi connectivity index (χ4v) is 3.47. The Hall–Kier alpha value is -2.40. The van der Waals surface area contributed by atoms with Crippen LogP contribution in [0, 0.1) is 13.8 Å². The fourth-order valence-electron chi connectivity index (χ4n) is 3.47. The van der Waals surface area contributed by atoms with Crippen molar-refractivity contribution in [3.8, 4) is 5.82 Å². The number of anilines is 1. The maximum absolute atomic E-state index is 4.80. The van der Waals surface area contributed by atoms with Gasteiger partial charge in [0.1, 0.15) is 5.82 Å². The summed E-state index contributed by atoms with van der Waals surface area (Å²) in [5.41, 5.74) is 6.32. The summed E-state index contributed by atoms with van der Waals surface area (Å²) < 4.78 is 2.11. The van der Waals surface area contributed by atoms with Crippen molar-refractivity contribution in [3.05, 3.63) is 58.6 Å². The number of nitrogens with zero attached hydrogens (tertiary/aromatic N) is 4. The molecule has 1 aliphatic rings. The molecule has 2 heterocycles. The minimum absolute atomic E-state index is 0.242. The maximum Gasteiger partial charge on any atom is 0.225 e. The van der Waals surface area contributed by atoms with Crippen LogP contribution in [0.25, 0.3) is 5.82 Å². The van der Waals surface area contributed by atoms with Gasteiger partial charge in [0.05, 0.1) is 6.04 Å². The summed E-state index contributed by atoms with van der Waals surface area (Å²) in [6.07, 6.45) is 11.7. The smallest absolute Gasteiger partial charge is 0.225 e. The standard InChI is InChI=1S/C21H29N5/c1-14-7-15(2)9-19(8-14)23-21-22-10-16(3)20(24-21)26-11-17(4)18(13-26)12-25(5)6/h7-8,10-11,13,19H,9,12H2,1-6H3,(H,22,23,24). The van der Waals surface area contributed by atoms with E-state index in [1.807, 2.05) is 6.20 Å². The van der Waals surface area contributed by atoms with Crippen molar-refractivity contribution in [1.29, 1.82) is 0 Å². The molecule has 2 aromatic heterocycles. The normalized spacial score (nSPS) is 17.3. The van der Waals surface area contributed by atoms with Gasteiger partial charge >= 0.3 is 0 Å². The highest BCUT2D eigenvalue weighted by Gasteiger charge is 2.14. The molecule has 138 valence electrons. The Morgan fingerprint density at radius 3 is 2.62 bits per heavy atom. The molecule has 0 aromatic carbocycles. The van der Waals surface area contributed by atoms with Gasteiger partial charge in [-0.3, -0.25) is 0 Å². The van der Waals surface area contributed by atoms with E-state index in [0.717, 1.165) is 24.3 Å². The second-order valence-electron chi connectivity index (χ2n) is 7.67. The zero-order valence-electron chi connectivity index (χ0n) is 16.7. The van der Waals surface area contributed by atoms with Gasteiger partial charge in [0.25, 0.3) is 0 Å². The molecule has 0 saturated carbocycles. The SMILES string of the molecule is CC1=CC(Nc2ncc(C)c(-n3cc(C)c(CN(C)C)c3)n2)CC(C)=C1. The van der Waals surface area contributed by atoms with Gasteiger partial charge < -0.3 is 14.8 Å². The summed E-state index contributed by atoms with van der Waals surface area (Å²) in [6.45, 7) is 9.42. The molecule has 26 heavy (non-hydrogen) atoms. The van der Waals surface area contributed by atoms with E-state index in [1.54, 1.807) is 0 Å². The van der Waals surface area contributed by atoms with E-state index in [2.05, 4.69) is 86.1 Å². The van der Waals surface area contributed by atoms with Crippen LogP contribution in [0.5, 0.6) is 0 Å². The Morgan fingerprint density at radius 2 is 1.92 bits per heavy atom. The number of hydrogen-bond acceptors (Lipinski definition) is 4. The van der Waals surface area contributed by atoms with E-state index >= 15 is 0 Å². The molecule has 1 aliphatic carbocycles. The molecule has 1 unspecified atom stereocenters. The second-order valence-corrected chi connectivity index (χ2v) is 7.67. The van der Waals surface area contributed by atoms with Gasteiger partial charge in [-0.05, 0) is 59.3 Å². The predicted molar refractivity (Wildman–Crippen MR) is 108 cm³/mol. The van der Waals surface area contributed by atoms with Gasteiger partial charge in [-0.15, -0.1) is 0 Å². The van der Waals surface area contributed by atoms with Gasteiger partial charge in [0.2, 0.25) is 5.95 Å². The highest BCUT2D eigenvalue weighted by atomic mass is 15.2. The zero-order valence-corrected chi connectivity index (χ0v) is 16.7. The largest absolute Gasteiger partial charge is 0.348 e. The summed E-state index contributed by atoms with van der Waals surface area (Å²) in [7, 11) is 4.18. The summed E-state index contributed by atoms with van der Waals surface area (Å²) in [5, 5.41) is 3.47. The highest BCUT2D eigenvalue weighted by molar-refractivity contribution is 5.43. The van der Waals surface area contributed by atoms with Gasteiger partial charge in [0, 0.05) is 30.7 Å². The van der Waals surface area contributed by atoms with Crippen LogP contribution in [0.1, 0.15) is 37.0 Å². The van der Waals surface area contributed by atoms with E-state index in [-0.39, 0.29) is 6.04 Å². The maximum atomic E-state index is 4.80. The van der Waals surface area contributed by atoms with E-state index in [0.29, 0.717) is 5.95 Å². The van der Waals surface area contributed by atoms with Gasteiger partial charge in [-0.1, -0.05) is 23.3 Å². The number of aryl methyl sites for hydroxylation is 2. The average molecular weight is 351 g/mol. The van der Waals surface area contributed by atoms with Crippen LogP contribution in [0.15, 0.2) is 41.9 Å². The minimum Gasteiger partial charge on any atom is -0.348 e. The molecule has 3 rings (SSSR count). The summed E-state index contributed by atoms with van der Waals surface area (Å²) in [5.74, 6) is 1.61. The molecule has 0 spiro atoms. The quantitative estimate of drug-likeness (QED) is 0.884. The molecule has 0 bridgehead atoms. The summed E-state index contributed by atoms with van der Waals surface area (Å²) >= 11 is 0. The molecule has 0 aliphatic heterocycles. The first-order chi connectivity index (χ1) is 12.3. The minimum atomic E-state index is 0.242. The molecule has 0 amide bonds. The van der Waals surface area contributed by atoms with E-state index in [4.69, 9.17) is 4.98 Å². The molecule has 0 saturated heterocycles. The molecule has 2 aromatic rings. The Bertz CT molecular complexity index is 857. The van der Waals surface area contributed by atoms with Crippen molar-refractivity contribution in [1.82, 2.24) is 19.4 Å². The third kappa shape index (κ3) is 4.22. The Kier molecular flexibility index (Phi) is 5.28. The monoisotopic (exact) mass is 351 g/mol. The Labute approximate surface area is 156 Å². The van der Waals surface area contributed by atoms with Crippen LogP contribution in [0.4, 0.5) is 5.95 Å². The van der Waals surface area contributed by atoms with E-state index < -0.39 is 0 Å². The van der Waals surface area contributed by atoms with Crippen LogP contribution >= 0.6 is 0 Å². The first-order valence-corrected chi connectivity index (χ1v) is 9.10. The predicted octanol–water partition coefficient (Wildman–Crippen LogP) is 4.02. The van der Waals surface area contributed by atoms with Gasteiger partial charge in [-0.2, -0.15) is 4.98 Å². The van der Waals surface area contributed by atoms with Crippen LogP contribution in [0.3, 0.4) is 0 Å². The molecule has 5 nitrogen and oxygen atoms in total. The lowest BCUT2D eigenvalue weighted by molar-refractivity contribution is 0.401. The molecular weight excluding hydrogens is 322 g/mol. The van der Waals surface area contributed by atoms with E-state index in [1.165, 1.54) is 22.3 Å². The lowest BCUT2D eigenvalue weighted by Gasteiger charge is -2.20. The number of aromatic nitrogens is 3. The molecule has 1 N–H and O–H groups in total. The number of rotatable bonds is 5. The molecule has 0 radical (unpaired) electrons. The average Bonchev–Trinajstić information content (AvgIpc) is 2.88. The second kappa shape index (κ2) is 7.46. The van der Waals surface area contributed by atoms with Crippen molar-refractivity contribution < 1.29 is 0 Å². The molecule has 1 atom stereocenters. The Morgan fingerprint density at radius 1 is 1.15 bits per heavy atom. The lowest BCUT2D eigenvalue weighted by Crippen LogP contribution is -2.21. The Balaban J connectivity index is 1.86.